The Morgan fingerprint density at radius 1 is 0.566 bits per heavy atom. The molecule has 2 atom stereocenters. The van der Waals surface area contributed by atoms with Crippen LogP contribution in [0.25, 0.3) is 0 Å². The lowest BCUT2D eigenvalue weighted by atomic mass is 10.1. The van der Waals surface area contributed by atoms with Crippen molar-refractivity contribution < 1.29 is 38.2 Å². The molecule has 0 aromatic carbocycles. The Morgan fingerprint density at radius 2 is 1.04 bits per heavy atom. The second kappa shape index (κ2) is 36.0. The topological polar surface area (TPSA) is 102 Å². The van der Waals surface area contributed by atoms with Crippen molar-refractivity contribution >= 4 is 17.9 Å². The molecule has 0 aromatic rings. The third kappa shape index (κ3) is 34.5. The molecule has 0 aliphatic rings. The highest BCUT2D eigenvalue weighted by Crippen LogP contribution is 2.12. The van der Waals surface area contributed by atoms with Crippen LogP contribution < -0.4 is 5.11 Å². The third-order valence-electron chi connectivity index (χ3n) is 8.97. The maximum Gasteiger partial charge on any atom is 0.306 e. The number of carbonyl (C=O) groups excluding carboxylic acids is 3. The molecule has 0 bridgehead atoms. The molecule has 2 unspecified atom stereocenters. The zero-order valence-corrected chi connectivity index (χ0v) is 34.4. The summed E-state index contributed by atoms with van der Waals surface area (Å²) in [5, 5.41) is 11.6. The van der Waals surface area contributed by atoms with Crippen LogP contribution in [0, 0.1) is 0 Å². The minimum absolute atomic E-state index is 0.0258. The minimum Gasteiger partial charge on any atom is -0.544 e. The predicted octanol–water partition coefficient (Wildman–Crippen LogP) is 9.69. The van der Waals surface area contributed by atoms with E-state index in [0.717, 1.165) is 77.0 Å². The molecule has 53 heavy (non-hydrogen) atoms. The summed E-state index contributed by atoms with van der Waals surface area (Å²) >= 11 is 0. The Bertz CT molecular complexity index is 1050. The van der Waals surface area contributed by atoms with E-state index in [2.05, 4.69) is 68.5 Å². The molecule has 0 aliphatic heterocycles. The van der Waals surface area contributed by atoms with Crippen LogP contribution in [-0.4, -0.2) is 75.5 Å². The Kier molecular flexibility index (Phi) is 34.0. The van der Waals surface area contributed by atoms with Crippen LogP contribution in [0.4, 0.5) is 0 Å². The molecule has 0 amide bonds. The number of ether oxygens (including phenoxy) is 3. The van der Waals surface area contributed by atoms with E-state index in [9.17, 15) is 19.5 Å². The van der Waals surface area contributed by atoms with Crippen molar-refractivity contribution in [3.05, 3.63) is 60.8 Å². The van der Waals surface area contributed by atoms with Crippen molar-refractivity contribution in [3.63, 3.8) is 0 Å². The van der Waals surface area contributed by atoms with Gasteiger partial charge in [-0.15, -0.1) is 0 Å². The molecule has 0 fully saturated rings. The Morgan fingerprint density at radius 3 is 1.58 bits per heavy atom. The lowest BCUT2D eigenvalue weighted by molar-refractivity contribution is -0.889. The third-order valence-corrected chi connectivity index (χ3v) is 8.97. The number of carboxylic acid groups (broad SMARTS) is 1. The first-order chi connectivity index (χ1) is 25.6. The van der Waals surface area contributed by atoms with Crippen molar-refractivity contribution in [2.75, 3.05) is 41.0 Å². The van der Waals surface area contributed by atoms with Crippen molar-refractivity contribution in [1.29, 1.82) is 0 Å². The van der Waals surface area contributed by atoms with Gasteiger partial charge in [0.1, 0.15) is 12.6 Å². The summed E-state index contributed by atoms with van der Waals surface area (Å²) in [5.74, 6) is -1.79. The zero-order chi connectivity index (χ0) is 39.3. The van der Waals surface area contributed by atoms with E-state index in [1.807, 2.05) is 6.08 Å². The maximum atomic E-state index is 12.7. The Labute approximate surface area is 324 Å². The number of nitrogens with zero attached hydrogens (tertiary/aromatic N) is 1. The molecule has 0 heterocycles. The van der Waals surface area contributed by atoms with Gasteiger partial charge in [-0.1, -0.05) is 139 Å². The molecule has 0 rings (SSSR count). The first-order valence-corrected chi connectivity index (χ1v) is 20.9. The van der Waals surface area contributed by atoms with Gasteiger partial charge in [-0.2, -0.15) is 0 Å². The quantitative estimate of drug-likeness (QED) is 0.0207. The van der Waals surface area contributed by atoms with Crippen molar-refractivity contribution in [1.82, 2.24) is 0 Å². The second-order valence-corrected chi connectivity index (χ2v) is 15.0. The fourth-order valence-electron chi connectivity index (χ4n) is 5.65. The largest absolute Gasteiger partial charge is 0.544 e. The Hall–Kier alpha value is -2.97. The molecule has 8 heteroatoms. The van der Waals surface area contributed by atoms with Crippen LogP contribution in [0.5, 0.6) is 0 Å². The summed E-state index contributed by atoms with van der Waals surface area (Å²) in [6, 6.07) is -0.733. The van der Waals surface area contributed by atoms with E-state index in [0.29, 0.717) is 12.8 Å². The van der Waals surface area contributed by atoms with Gasteiger partial charge in [-0.25, -0.2) is 0 Å². The summed E-state index contributed by atoms with van der Waals surface area (Å²) in [4.78, 5) is 36.7. The number of aliphatic carboxylic acids is 1. The SMILES string of the molecule is CCCC/C=C/CCCCCCCC(=O)OCC(COCCC(C(=O)[O-])[N+](C)(C)C)OC(=O)CCCCCCC/C=C/C=C/C=C/C=C/CCCCC. The summed E-state index contributed by atoms with van der Waals surface area (Å²) in [7, 11) is 5.38. The van der Waals surface area contributed by atoms with Crippen molar-refractivity contribution in [3.8, 4) is 0 Å². The van der Waals surface area contributed by atoms with Gasteiger partial charge in [0.15, 0.2) is 6.10 Å². The van der Waals surface area contributed by atoms with Crippen molar-refractivity contribution in [2.24, 2.45) is 0 Å². The fraction of sp³-hybridized carbons (Fsp3) is 0.711. The number of allylic oxidation sites excluding steroid dienone is 10. The molecule has 304 valence electrons. The van der Waals surface area contributed by atoms with Crippen molar-refractivity contribution in [2.45, 2.75) is 167 Å². The fourth-order valence-corrected chi connectivity index (χ4v) is 5.65. The molecule has 0 radical (unpaired) electrons. The van der Waals surface area contributed by atoms with Crippen LogP contribution in [0.2, 0.25) is 0 Å². The van der Waals surface area contributed by atoms with Crippen LogP contribution in [0.15, 0.2) is 60.8 Å². The molecule has 0 aliphatic carbocycles. The highest BCUT2D eigenvalue weighted by molar-refractivity contribution is 5.70. The van der Waals surface area contributed by atoms with Crippen LogP contribution >= 0.6 is 0 Å². The second-order valence-electron chi connectivity index (χ2n) is 15.0. The first kappa shape index (κ1) is 50.0. The highest BCUT2D eigenvalue weighted by atomic mass is 16.6. The van der Waals surface area contributed by atoms with E-state index in [4.69, 9.17) is 14.2 Å². The van der Waals surface area contributed by atoms with Gasteiger partial charge in [0.25, 0.3) is 0 Å². The zero-order valence-electron chi connectivity index (χ0n) is 34.4. The standard InChI is InChI=1S/C45H77NO7/c1-6-8-10-12-14-16-18-19-20-21-22-23-24-26-28-30-32-34-36-44(48)53-41(39-51-38-37-42(45(49)50)46(3,4)5)40-52-43(47)35-33-31-29-27-25-17-15-13-11-9-7-2/h13-16,18-23,41-42H,6-12,17,24-40H2,1-5H3/b15-13+,16-14+,19-18+,21-20+,23-22+. The monoisotopic (exact) mass is 744 g/mol. The molecule has 0 spiro atoms. The number of hydrogen-bond acceptors (Lipinski definition) is 7. The number of esters is 2. The normalized spacial score (nSPS) is 13.6. The maximum absolute atomic E-state index is 12.7. The van der Waals surface area contributed by atoms with Crippen LogP contribution in [0.1, 0.15) is 155 Å². The predicted molar refractivity (Wildman–Crippen MR) is 217 cm³/mol. The van der Waals surface area contributed by atoms with E-state index in [1.54, 1.807) is 21.1 Å². The lowest BCUT2D eigenvalue weighted by Crippen LogP contribution is -2.55. The van der Waals surface area contributed by atoms with Gasteiger partial charge >= 0.3 is 11.9 Å². The average molecular weight is 744 g/mol. The number of unbranched alkanes of at least 4 members (excludes halogenated alkanes) is 15. The summed E-state index contributed by atoms with van der Waals surface area (Å²) in [5.41, 5.74) is 0. The Balaban J connectivity index is 4.45. The molecule has 0 saturated carbocycles. The average Bonchev–Trinajstić information content (AvgIpc) is 3.11. The number of hydrogen-bond donors (Lipinski definition) is 0. The van der Waals surface area contributed by atoms with Gasteiger partial charge in [0.2, 0.25) is 0 Å². The number of carboxylic acids is 1. The molecular formula is C45H77NO7. The molecule has 8 nitrogen and oxygen atoms in total. The smallest absolute Gasteiger partial charge is 0.306 e. The van der Waals surface area contributed by atoms with Gasteiger partial charge < -0.3 is 28.6 Å². The van der Waals surface area contributed by atoms with E-state index >= 15 is 0 Å². The number of rotatable bonds is 36. The summed E-state index contributed by atoms with van der Waals surface area (Å²) in [6.07, 6.45) is 42.4. The molecule has 0 aromatic heterocycles. The van der Waals surface area contributed by atoms with Gasteiger partial charge in [-0.3, -0.25) is 9.59 Å². The number of likely N-dealkylation sites (N-methyl/N-ethyl adjacent to an activating group) is 1. The first-order valence-electron chi connectivity index (χ1n) is 20.9. The molecular weight excluding hydrogens is 666 g/mol. The highest BCUT2D eigenvalue weighted by Gasteiger charge is 2.25. The lowest BCUT2D eigenvalue weighted by Gasteiger charge is -2.34. The van der Waals surface area contributed by atoms with Crippen LogP contribution in [0.3, 0.4) is 0 Å². The van der Waals surface area contributed by atoms with Gasteiger partial charge in [0.05, 0.1) is 40.3 Å². The molecule has 0 N–H and O–H groups in total. The van der Waals surface area contributed by atoms with E-state index in [-0.39, 0.29) is 42.7 Å². The number of quaternary nitrogens is 1. The van der Waals surface area contributed by atoms with E-state index < -0.39 is 18.1 Å². The summed E-state index contributed by atoms with van der Waals surface area (Å²) in [6.45, 7) is 4.53. The van der Waals surface area contributed by atoms with E-state index in [1.165, 1.54) is 44.9 Å². The van der Waals surface area contributed by atoms with Gasteiger partial charge in [0, 0.05) is 19.3 Å². The molecule has 0 saturated heterocycles. The minimum atomic E-state index is -1.13. The van der Waals surface area contributed by atoms with Gasteiger partial charge in [-0.05, 0) is 57.8 Å². The van der Waals surface area contributed by atoms with Crippen LogP contribution in [-0.2, 0) is 28.6 Å². The number of carbonyl (C=O) groups is 3. The summed E-state index contributed by atoms with van der Waals surface area (Å²) < 4.78 is 17.1.